The Labute approximate surface area is 125 Å². The van der Waals surface area contributed by atoms with Crippen molar-refractivity contribution in [2.45, 2.75) is 11.1 Å². The smallest absolute Gasteiger partial charge is 0.271 e. The highest BCUT2D eigenvalue weighted by molar-refractivity contribution is 7.94. The monoisotopic (exact) mass is 324 g/mol. The number of fused-ring (bicyclic) bond motifs is 1. The van der Waals surface area contributed by atoms with Gasteiger partial charge in [0.25, 0.3) is 15.9 Å². The number of hydrogen-bond donors (Lipinski definition) is 2. The molecule has 1 amide bonds. The molecule has 2 heterocycles. The summed E-state index contributed by atoms with van der Waals surface area (Å²) in [6.07, 6.45) is 0. The Balaban J connectivity index is 1.97. The number of thiophene rings is 1. The molecule has 0 saturated carbocycles. The molecule has 0 radical (unpaired) electrons. The van der Waals surface area contributed by atoms with Gasteiger partial charge in [0.05, 0.1) is 5.69 Å². The largest absolute Gasteiger partial charge is 0.481 e. The van der Waals surface area contributed by atoms with E-state index in [4.69, 9.17) is 4.74 Å². The fourth-order valence-electron chi connectivity index (χ4n) is 1.94. The third-order valence-electron chi connectivity index (χ3n) is 2.87. The van der Waals surface area contributed by atoms with E-state index in [1.165, 1.54) is 11.3 Å². The van der Waals surface area contributed by atoms with Crippen LogP contribution in [0.3, 0.4) is 0 Å². The molecular formula is C13H12N2O4S2. The van der Waals surface area contributed by atoms with Crippen molar-refractivity contribution in [1.82, 2.24) is 0 Å². The summed E-state index contributed by atoms with van der Waals surface area (Å²) in [4.78, 5) is 12.3. The molecule has 0 fully saturated rings. The molecule has 2 N–H and O–H groups in total. The number of benzene rings is 1. The number of nitrogens with one attached hydrogen (secondary N) is 2. The molecule has 0 aliphatic carbocycles. The minimum absolute atomic E-state index is 0.0761. The lowest BCUT2D eigenvalue weighted by molar-refractivity contribution is -0.118. The maximum absolute atomic E-state index is 12.3. The molecule has 1 aromatic heterocycles. The second-order valence-corrected chi connectivity index (χ2v) is 7.68. The number of carbonyl (C=O) groups excluding carboxylic acids is 1. The number of amides is 1. The summed E-state index contributed by atoms with van der Waals surface area (Å²) < 4.78 is 32.6. The summed E-state index contributed by atoms with van der Waals surface area (Å²) in [7, 11) is -3.68. The first kappa shape index (κ1) is 13.9. The van der Waals surface area contributed by atoms with Crippen LogP contribution in [0.25, 0.3) is 0 Å². The average molecular weight is 324 g/mol. The van der Waals surface area contributed by atoms with Crippen molar-refractivity contribution in [3.05, 3.63) is 35.2 Å². The third-order valence-corrected chi connectivity index (χ3v) is 5.73. The standard InChI is InChI=1S/C13H12N2O4S2/c1-8-5-6-12(20-8)21(17,18)15-9-3-2-4-10-13(9)14-11(16)7-19-10/h2-6,15H,7H2,1H3,(H,14,16). The summed E-state index contributed by atoms with van der Waals surface area (Å²) in [5, 5.41) is 2.62. The maximum atomic E-state index is 12.3. The second-order valence-electron chi connectivity index (χ2n) is 4.49. The molecule has 0 spiro atoms. The number of hydrogen-bond acceptors (Lipinski definition) is 5. The topological polar surface area (TPSA) is 84.5 Å². The van der Waals surface area contributed by atoms with Gasteiger partial charge in [0.1, 0.15) is 15.6 Å². The zero-order valence-corrected chi connectivity index (χ0v) is 12.7. The number of anilines is 2. The van der Waals surface area contributed by atoms with Crippen molar-refractivity contribution in [3.8, 4) is 5.75 Å². The third kappa shape index (κ3) is 2.72. The van der Waals surface area contributed by atoms with E-state index < -0.39 is 10.0 Å². The molecule has 0 unspecified atom stereocenters. The Kier molecular flexibility index (Phi) is 3.34. The van der Waals surface area contributed by atoms with Crippen LogP contribution < -0.4 is 14.8 Å². The van der Waals surface area contributed by atoms with E-state index in [9.17, 15) is 13.2 Å². The minimum atomic E-state index is -3.68. The van der Waals surface area contributed by atoms with Gasteiger partial charge in [-0.25, -0.2) is 8.42 Å². The molecule has 0 bridgehead atoms. The minimum Gasteiger partial charge on any atom is -0.481 e. The summed E-state index contributed by atoms with van der Waals surface area (Å²) in [6.45, 7) is 1.76. The Morgan fingerprint density at radius 3 is 2.81 bits per heavy atom. The quantitative estimate of drug-likeness (QED) is 0.906. The van der Waals surface area contributed by atoms with E-state index in [2.05, 4.69) is 10.0 Å². The molecule has 21 heavy (non-hydrogen) atoms. The van der Waals surface area contributed by atoms with Crippen LogP contribution >= 0.6 is 11.3 Å². The fourth-order valence-corrected chi connectivity index (χ4v) is 4.29. The molecule has 1 aliphatic rings. The van der Waals surface area contributed by atoms with Crippen LogP contribution in [0.2, 0.25) is 0 Å². The zero-order chi connectivity index (χ0) is 15.0. The van der Waals surface area contributed by atoms with E-state index in [0.29, 0.717) is 11.4 Å². The molecule has 1 aromatic carbocycles. The molecule has 3 rings (SSSR count). The Morgan fingerprint density at radius 1 is 1.29 bits per heavy atom. The second kappa shape index (κ2) is 5.05. The molecular weight excluding hydrogens is 312 g/mol. The summed E-state index contributed by atoms with van der Waals surface area (Å²) in [5.74, 6) is 0.123. The summed E-state index contributed by atoms with van der Waals surface area (Å²) >= 11 is 1.18. The summed E-state index contributed by atoms with van der Waals surface area (Å²) in [6, 6.07) is 8.19. The van der Waals surface area contributed by atoms with Gasteiger partial charge in [-0.3, -0.25) is 9.52 Å². The number of sulfonamides is 1. The lowest BCUT2D eigenvalue weighted by Crippen LogP contribution is -2.26. The van der Waals surface area contributed by atoms with Crippen molar-refractivity contribution >= 4 is 38.6 Å². The van der Waals surface area contributed by atoms with E-state index in [1.54, 1.807) is 30.3 Å². The normalized spacial score (nSPS) is 14.0. The van der Waals surface area contributed by atoms with Crippen LogP contribution in [0.5, 0.6) is 5.75 Å². The molecule has 110 valence electrons. The van der Waals surface area contributed by atoms with E-state index in [1.807, 2.05) is 6.92 Å². The van der Waals surface area contributed by atoms with Crippen LogP contribution in [-0.2, 0) is 14.8 Å². The fraction of sp³-hybridized carbons (Fsp3) is 0.154. The van der Waals surface area contributed by atoms with Crippen molar-refractivity contribution in [2.75, 3.05) is 16.6 Å². The van der Waals surface area contributed by atoms with Gasteiger partial charge in [-0.1, -0.05) is 6.07 Å². The Bertz CT molecular complexity index is 811. The first-order valence-electron chi connectivity index (χ1n) is 6.11. The van der Waals surface area contributed by atoms with Crippen LogP contribution in [0.15, 0.2) is 34.5 Å². The average Bonchev–Trinajstić information content (AvgIpc) is 2.87. The molecule has 0 saturated heterocycles. The van der Waals surface area contributed by atoms with Crippen LogP contribution in [-0.4, -0.2) is 20.9 Å². The lowest BCUT2D eigenvalue weighted by atomic mass is 10.2. The maximum Gasteiger partial charge on any atom is 0.271 e. The first-order valence-corrected chi connectivity index (χ1v) is 8.40. The van der Waals surface area contributed by atoms with Crippen LogP contribution in [0, 0.1) is 6.92 Å². The van der Waals surface area contributed by atoms with Gasteiger partial charge in [0.2, 0.25) is 0 Å². The van der Waals surface area contributed by atoms with Gasteiger partial charge in [-0.15, -0.1) is 11.3 Å². The number of rotatable bonds is 3. The van der Waals surface area contributed by atoms with Crippen LogP contribution in [0.4, 0.5) is 11.4 Å². The number of ether oxygens (including phenoxy) is 1. The van der Waals surface area contributed by atoms with Gasteiger partial charge in [-0.2, -0.15) is 0 Å². The summed E-state index contributed by atoms with van der Waals surface area (Å²) in [5.41, 5.74) is 0.622. The van der Waals surface area contributed by atoms with E-state index in [0.717, 1.165) is 4.88 Å². The predicted molar refractivity (Wildman–Crippen MR) is 80.4 cm³/mol. The van der Waals surface area contributed by atoms with Crippen molar-refractivity contribution in [2.24, 2.45) is 0 Å². The highest BCUT2D eigenvalue weighted by Crippen LogP contribution is 2.36. The van der Waals surface area contributed by atoms with Gasteiger partial charge < -0.3 is 10.1 Å². The molecule has 0 atom stereocenters. The predicted octanol–water partition coefficient (Wildman–Crippen LogP) is 2.19. The van der Waals surface area contributed by atoms with Gasteiger partial charge in [-0.05, 0) is 31.2 Å². The molecule has 6 nitrogen and oxygen atoms in total. The van der Waals surface area contributed by atoms with E-state index in [-0.39, 0.29) is 22.4 Å². The number of carbonyl (C=O) groups is 1. The zero-order valence-electron chi connectivity index (χ0n) is 11.0. The van der Waals surface area contributed by atoms with Crippen molar-refractivity contribution < 1.29 is 17.9 Å². The van der Waals surface area contributed by atoms with Gasteiger partial charge in [0.15, 0.2) is 6.61 Å². The van der Waals surface area contributed by atoms with Crippen molar-refractivity contribution in [1.29, 1.82) is 0 Å². The van der Waals surface area contributed by atoms with Crippen molar-refractivity contribution in [3.63, 3.8) is 0 Å². The van der Waals surface area contributed by atoms with Crippen LogP contribution in [0.1, 0.15) is 4.88 Å². The first-order chi connectivity index (χ1) is 9.95. The Morgan fingerprint density at radius 2 is 2.10 bits per heavy atom. The van der Waals surface area contributed by atoms with Gasteiger partial charge in [0, 0.05) is 4.88 Å². The highest BCUT2D eigenvalue weighted by atomic mass is 32.2. The SMILES string of the molecule is Cc1ccc(S(=O)(=O)Nc2cccc3c2NC(=O)CO3)s1. The highest BCUT2D eigenvalue weighted by Gasteiger charge is 2.23. The number of para-hydroxylation sites is 1. The number of aryl methyl sites for hydroxylation is 1. The molecule has 1 aliphatic heterocycles. The molecule has 8 heteroatoms. The van der Waals surface area contributed by atoms with E-state index >= 15 is 0 Å². The Hall–Kier alpha value is -2.06. The van der Waals surface area contributed by atoms with Gasteiger partial charge >= 0.3 is 0 Å². The molecule has 2 aromatic rings. The lowest BCUT2D eigenvalue weighted by Gasteiger charge is -2.20.